The maximum Gasteiger partial charge on any atom is 1.00 e. The molecule has 0 spiro atoms. The van der Waals surface area contributed by atoms with Gasteiger partial charge in [-0.05, 0) is 28.1 Å². The third kappa shape index (κ3) is 3.12. The summed E-state index contributed by atoms with van der Waals surface area (Å²) in [6.07, 6.45) is 0. The maximum absolute atomic E-state index is 9.99. The van der Waals surface area contributed by atoms with Gasteiger partial charge >= 0.3 is 68.9 Å². The van der Waals surface area contributed by atoms with E-state index in [1.54, 1.807) is 0 Å². The van der Waals surface area contributed by atoms with Crippen molar-refractivity contribution in [2.24, 2.45) is 0 Å². The number of carboxylic acid groups (broad SMARTS) is 1. The van der Waals surface area contributed by atoms with E-state index in [9.17, 15) is 9.90 Å². The van der Waals surface area contributed by atoms with E-state index in [0.717, 1.165) is 0 Å². The summed E-state index contributed by atoms with van der Waals surface area (Å²) in [6, 6.07) is 2.81. The summed E-state index contributed by atoms with van der Waals surface area (Å²) in [5, 5.41) is 9.99. The first-order chi connectivity index (χ1) is 4.20. The predicted octanol–water partition coefficient (Wildman–Crippen LogP) is -2.59. The molecular weight excluding hydrogens is 321 g/mol. The summed E-state index contributed by atoms with van der Waals surface area (Å²) in [6.45, 7) is 0. The molecule has 1 rings (SSSR count). The number of furan rings is 1. The third-order valence-corrected chi connectivity index (χ3v) is 1.20. The van der Waals surface area contributed by atoms with Crippen molar-refractivity contribution >= 4 is 21.9 Å². The summed E-state index contributed by atoms with van der Waals surface area (Å²) in [7, 11) is 0. The number of carbonyl (C=O) groups excluding carboxylic acids is 1. The van der Waals surface area contributed by atoms with Crippen LogP contribution >= 0.6 is 15.9 Å². The Morgan fingerprint density at radius 2 is 2.20 bits per heavy atom. The van der Waals surface area contributed by atoms with Crippen LogP contribution in [0.15, 0.2) is 21.2 Å². The van der Waals surface area contributed by atoms with E-state index in [-0.39, 0.29) is 74.7 Å². The summed E-state index contributed by atoms with van der Waals surface area (Å²) in [5.74, 6) is -1.47. The Labute approximate surface area is 125 Å². The predicted molar refractivity (Wildman–Crippen MR) is 30.7 cm³/mol. The van der Waals surface area contributed by atoms with Crippen LogP contribution in [0.25, 0.3) is 0 Å². The maximum atomic E-state index is 9.99. The molecule has 1 aromatic heterocycles. The number of carbonyl (C=O) groups is 1. The fourth-order valence-corrected chi connectivity index (χ4v) is 0.731. The Hall–Kier alpha value is 1.28. The minimum Gasteiger partial charge on any atom is -0.542 e. The molecule has 0 saturated heterocycles. The Morgan fingerprint density at radius 3 is 2.40 bits per heavy atom. The molecule has 0 bridgehead atoms. The average Bonchev–Trinajstić information content (AvgIpc) is 2.14. The van der Waals surface area contributed by atoms with Gasteiger partial charge in [0.05, 0.1) is 0 Å². The average molecular weight is 323 g/mol. The second-order valence-corrected chi connectivity index (χ2v) is 2.17. The summed E-state index contributed by atoms with van der Waals surface area (Å²) in [5.41, 5.74) is 0. The van der Waals surface area contributed by atoms with Crippen LogP contribution in [0.5, 0.6) is 0 Å². The van der Waals surface area contributed by atoms with E-state index in [2.05, 4.69) is 20.3 Å². The Balaban J connectivity index is 0.000000810. The third-order valence-electron chi connectivity index (χ3n) is 0.774. The second kappa shape index (κ2) is 5.02. The fraction of sp³-hybridized carbons (Fsp3) is 0. The van der Waals surface area contributed by atoms with E-state index in [4.69, 9.17) is 0 Å². The smallest absolute Gasteiger partial charge is 0.542 e. The van der Waals surface area contributed by atoms with Gasteiger partial charge in [-0.3, -0.25) is 0 Å². The SMILES string of the molecule is O=C([O-])c1ccc(Br)o1.[Cs+]. The van der Waals surface area contributed by atoms with Gasteiger partial charge in [0.1, 0.15) is 5.97 Å². The molecule has 0 amide bonds. The van der Waals surface area contributed by atoms with Gasteiger partial charge in [-0.25, -0.2) is 0 Å². The Kier molecular flexibility index (Phi) is 5.67. The zero-order valence-electron chi connectivity index (χ0n) is 5.26. The molecule has 1 heterocycles. The monoisotopic (exact) mass is 322 g/mol. The summed E-state index contributed by atoms with van der Waals surface area (Å²) in [4.78, 5) is 9.99. The zero-order valence-corrected chi connectivity index (χ0v) is 13.1. The molecule has 1 aromatic rings. The van der Waals surface area contributed by atoms with Crippen LogP contribution in [0.4, 0.5) is 0 Å². The van der Waals surface area contributed by atoms with Gasteiger partial charge in [0, 0.05) is 0 Å². The molecule has 0 fully saturated rings. The van der Waals surface area contributed by atoms with Crippen molar-refractivity contribution in [1.82, 2.24) is 0 Å². The molecule has 0 aliphatic heterocycles. The molecular formula is C5H2BrCsO3. The molecule has 3 nitrogen and oxygen atoms in total. The largest absolute Gasteiger partial charge is 1.00 e. The van der Waals surface area contributed by atoms with Crippen molar-refractivity contribution < 1.29 is 83.2 Å². The van der Waals surface area contributed by atoms with Crippen molar-refractivity contribution in [3.05, 3.63) is 22.6 Å². The molecule has 5 heteroatoms. The van der Waals surface area contributed by atoms with E-state index in [0.29, 0.717) is 4.67 Å². The van der Waals surface area contributed by atoms with Crippen LogP contribution in [-0.4, -0.2) is 5.97 Å². The van der Waals surface area contributed by atoms with Crippen LogP contribution in [0.1, 0.15) is 10.6 Å². The van der Waals surface area contributed by atoms with E-state index < -0.39 is 5.97 Å². The first-order valence-corrected chi connectivity index (χ1v) is 2.96. The van der Waals surface area contributed by atoms with Gasteiger partial charge in [0.25, 0.3) is 0 Å². The molecule has 0 saturated carbocycles. The molecule has 0 atom stereocenters. The number of aromatic carboxylic acids is 1. The minimum atomic E-state index is -1.30. The zero-order chi connectivity index (χ0) is 6.85. The molecule has 0 aliphatic carbocycles. The van der Waals surface area contributed by atoms with Gasteiger partial charge in [0.2, 0.25) is 0 Å². The molecule has 0 aliphatic rings. The second-order valence-electron chi connectivity index (χ2n) is 1.39. The molecule has 48 valence electrons. The normalized spacial score (nSPS) is 8.50. The number of carboxylic acids is 1. The summed E-state index contributed by atoms with van der Waals surface area (Å²) < 4.78 is 4.99. The van der Waals surface area contributed by atoms with E-state index >= 15 is 0 Å². The van der Waals surface area contributed by atoms with Crippen molar-refractivity contribution in [2.75, 3.05) is 0 Å². The van der Waals surface area contributed by atoms with Crippen molar-refractivity contribution in [2.45, 2.75) is 0 Å². The van der Waals surface area contributed by atoms with Gasteiger partial charge in [-0.1, -0.05) is 0 Å². The fourth-order valence-electron chi connectivity index (χ4n) is 0.424. The van der Waals surface area contributed by atoms with Gasteiger partial charge in [0.15, 0.2) is 10.4 Å². The van der Waals surface area contributed by atoms with Crippen LogP contribution in [0.2, 0.25) is 0 Å². The van der Waals surface area contributed by atoms with Crippen molar-refractivity contribution in [1.29, 1.82) is 0 Å². The summed E-state index contributed by atoms with van der Waals surface area (Å²) >= 11 is 2.94. The van der Waals surface area contributed by atoms with E-state index in [1.165, 1.54) is 12.1 Å². The number of halogens is 1. The first-order valence-electron chi connectivity index (χ1n) is 2.17. The van der Waals surface area contributed by atoms with Crippen LogP contribution in [-0.2, 0) is 0 Å². The molecule has 10 heavy (non-hydrogen) atoms. The molecule has 0 radical (unpaired) electrons. The molecule has 0 aromatic carbocycles. The topological polar surface area (TPSA) is 53.3 Å². The number of rotatable bonds is 1. The minimum absolute atomic E-state index is 0. The number of hydrogen-bond acceptors (Lipinski definition) is 3. The first kappa shape index (κ1) is 11.3. The van der Waals surface area contributed by atoms with Crippen LogP contribution < -0.4 is 74.0 Å². The molecule has 0 unspecified atom stereocenters. The Morgan fingerprint density at radius 1 is 1.60 bits per heavy atom. The Bertz CT molecular complexity index is 233. The van der Waals surface area contributed by atoms with Crippen LogP contribution in [0.3, 0.4) is 0 Å². The standard InChI is InChI=1S/C5H3BrO3.Cs/c6-4-2-1-3(9-4)5(7)8;/h1-2H,(H,7,8);/q;+1/p-1. The molecule has 0 N–H and O–H groups in total. The van der Waals surface area contributed by atoms with Gasteiger partial charge < -0.3 is 14.3 Å². The van der Waals surface area contributed by atoms with E-state index in [1.807, 2.05) is 0 Å². The quantitative estimate of drug-likeness (QED) is 0.570. The van der Waals surface area contributed by atoms with Gasteiger partial charge in [-0.15, -0.1) is 0 Å². The van der Waals surface area contributed by atoms with Crippen molar-refractivity contribution in [3.63, 3.8) is 0 Å². The number of hydrogen-bond donors (Lipinski definition) is 0. The van der Waals surface area contributed by atoms with Crippen molar-refractivity contribution in [3.8, 4) is 0 Å². The van der Waals surface area contributed by atoms with Gasteiger partial charge in [-0.2, -0.15) is 0 Å². The van der Waals surface area contributed by atoms with Crippen LogP contribution in [0, 0.1) is 0 Å².